The van der Waals surface area contributed by atoms with Crippen LogP contribution in [-0.4, -0.2) is 101 Å². The van der Waals surface area contributed by atoms with Gasteiger partial charge in [0.2, 0.25) is 12.7 Å². The SMILES string of the molecule is CCOCO[C@@H](C)C(=O)OCOC(=O)N1CO[C@@H](C[C@H](C(=O)CCC(C)(C)C(N)=O)C(C)C)[C@@H]1C[C@H](Cc1ccc(OC)c(OCCCOC)c1)C(C)C. The topological polar surface area (TPSA) is 171 Å². The Morgan fingerprint density at radius 3 is 2.30 bits per heavy atom. The lowest BCUT2D eigenvalue weighted by molar-refractivity contribution is -0.173. The Morgan fingerprint density at radius 1 is 0.963 bits per heavy atom. The van der Waals surface area contributed by atoms with Crippen LogP contribution in [0.25, 0.3) is 0 Å². The van der Waals surface area contributed by atoms with Crippen LogP contribution in [0.1, 0.15) is 93.1 Å². The molecule has 0 aliphatic carbocycles. The zero-order chi connectivity index (χ0) is 40.4. The molecule has 1 aliphatic rings. The van der Waals surface area contributed by atoms with E-state index in [0.29, 0.717) is 57.0 Å². The summed E-state index contributed by atoms with van der Waals surface area (Å²) >= 11 is 0. The average Bonchev–Trinajstić information content (AvgIpc) is 3.52. The van der Waals surface area contributed by atoms with Gasteiger partial charge in [-0.3, -0.25) is 14.5 Å². The lowest BCUT2D eigenvalue weighted by atomic mass is 9.78. The Morgan fingerprint density at radius 2 is 1.69 bits per heavy atom. The maximum absolute atomic E-state index is 13.7. The van der Waals surface area contributed by atoms with E-state index in [1.807, 2.05) is 32.0 Å². The largest absolute Gasteiger partial charge is 0.493 e. The van der Waals surface area contributed by atoms with Gasteiger partial charge in [-0.25, -0.2) is 9.59 Å². The number of methoxy groups -OCH3 is 2. The monoisotopic (exact) mass is 766 g/mol. The fraction of sp³-hybridized carbons (Fsp3) is 0.750. The zero-order valence-electron chi connectivity index (χ0n) is 34.2. The molecule has 54 heavy (non-hydrogen) atoms. The third kappa shape index (κ3) is 15.0. The van der Waals surface area contributed by atoms with Crippen LogP contribution in [-0.2, 0) is 49.2 Å². The summed E-state index contributed by atoms with van der Waals surface area (Å²) < 4.78 is 44.0. The van der Waals surface area contributed by atoms with Crippen molar-refractivity contribution in [3.8, 4) is 11.5 Å². The van der Waals surface area contributed by atoms with Gasteiger partial charge in [-0.1, -0.05) is 47.6 Å². The van der Waals surface area contributed by atoms with E-state index < -0.39 is 48.4 Å². The van der Waals surface area contributed by atoms with Gasteiger partial charge in [-0.05, 0) is 75.0 Å². The van der Waals surface area contributed by atoms with Gasteiger partial charge in [-0.15, -0.1) is 0 Å². The molecule has 1 aromatic carbocycles. The normalized spacial score (nSPS) is 17.7. The van der Waals surface area contributed by atoms with Crippen molar-refractivity contribution in [2.45, 2.75) is 112 Å². The van der Waals surface area contributed by atoms with Crippen LogP contribution in [0.3, 0.4) is 0 Å². The van der Waals surface area contributed by atoms with E-state index in [1.54, 1.807) is 35.0 Å². The summed E-state index contributed by atoms with van der Waals surface area (Å²) in [6.07, 6.45) is 0.759. The first kappa shape index (κ1) is 46.7. The molecular weight excluding hydrogens is 700 g/mol. The number of carbonyl (C=O) groups is 4. The Bertz CT molecular complexity index is 1320. The molecular formula is C40H66N2O12. The molecule has 0 bridgehead atoms. The second-order valence-corrected chi connectivity index (χ2v) is 15.2. The average molecular weight is 767 g/mol. The van der Waals surface area contributed by atoms with Gasteiger partial charge < -0.3 is 43.6 Å². The number of rotatable bonds is 26. The van der Waals surface area contributed by atoms with Gasteiger partial charge in [0.15, 0.2) is 17.6 Å². The van der Waals surface area contributed by atoms with E-state index in [4.69, 9.17) is 43.6 Å². The highest BCUT2D eigenvalue weighted by Crippen LogP contribution is 2.36. The number of esters is 1. The van der Waals surface area contributed by atoms with Gasteiger partial charge in [0, 0.05) is 44.5 Å². The minimum absolute atomic E-state index is 0.0201. The van der Waals surface area contributed by atoms with Crippen molar-refractivity contribution in [1.29, 1.82) is 0 Å². The van der Waals surface area contributed by atoms with Gasteiger partial charge >= 0.3 is 12.1 Å². The number of ether oxygens (including phenoxy) is 8. The fourth-order valence-corrected chi connectivity index (χ4v) is 6.24. The molecule has 5 atom stereocenters. The molecule has 0 saturated carbocycles. The van der Waals surface area contributed by atoms with Crippen molar-refractivity contribution >= 4 is 23.8 Å². The molecule has 0 spiro atoms. The summed E-state index contributed by atoms with van der Waals surface area (Å²) in [5.41, 5.74) is 5.81. The molecule has 2 N–H and O–H groups in total. The molecule has 0 aromatic heterocycles. The minimum Gasteiger partial charge on any atom is -0.493 e. The molecule has 308 valence electrons. The molecule has 2 amide bonds. The summed E-state index contributed by atoms with van der Waals surface area (Å²) in [6, 6.07) is 5.45. The Hall–Kier alpha value is -3.46. The molecule has 1 aromatic rings. The van der Waals surface area contributed by atoms with Crippen molar-refractivity contribution in [2.24, 2.45) is 34.8 Å². The zero-order valence-corrected chi connectivity index (χ0v) is 34.2. The van der Waals surface area contributed by atoms with Crippen LogP contribution in [0.15, 0.2) is 18.2 Å². The van der Waals surface area contributed by atoms with E-state index in [2.05, 4.69) is 13.8 Å². The summed E-state index contributed by atoms with van der Waals surface area (Å²) in [6.45, 7) is 15.8. The van der Waals surface area contributed by atoms with E-state index >= 15 is 0 Å². The number of Topliss-reactive ketones (excluding diaryl/α,β-unsaturated/α-hetero) is 1. The van der Waals surface area contributed by atoms with Crippen molar-refractivity contribution in [1.82, 2.24) is 4.90 Å². The number of amides is 2. The summed E-state index contributed by atoms with van der Waals surface area (Å²) in [4.78, 5) is 53.1. The van der Waals surface area contributed by atoms with Crippen molar-refractivity contribution in [2.75, 3.05) is 54.4 Å². The Labute approximate surface area is 321 Å². The van der Waals surface area contributed by atoms with Crippen LogP contribution in [0.2, 0.25) is 0 Å². The molecule has 1 heterocycles. The van der Waals surface area contributed by atoms with Crippen molar-refractivity contribution in [3.63, 3.8) is 0 Å². The number of carbonyl (C=O) groups excluding carboxylic acids is 4. The molecule has 1 fully saturated rings. The van der Waals surface area contributed by atoms with E-state index in [-0.39, 0.29) is 49.4 Å². The maximum atomic E-state index is 13.7. The van der Waals surface area contributed by atoms with E-state index in [0.717, 1.165) is 12.0 Å². The summed E-state index contributed by atoms with van der Waals surface area (Å²) in [5, 5.41) is 0. The quantitative estimate of drug-likeness (QED) is 0.0674. The fourth-order valence-electron chi connectivity index (χ4n) is 6.24. The van der Waals surface area contributed by atoms with Crippen LogP contribution < -0.4 is 15.2 Å². The molecule has 2 rings (SSSR count). The summed E-state index contributed by atoms with van der Waals surface area (Å²) in [7, 11) is 3.26. The second-order valence-electron chi connectivity index (χ2n) is 15.2. The highest BCUT2D eigenvalue weighted by atomic mass is 16.7. The van der Waals surface area contributed by atoms with Crippen molar-refractivity contribution < 1.29 is 57.1 Å². The van der Waals surface area contributed by atoms with Gasteiger partial charge in [-0.2, -0.15) is 0 Å². The Balaban J connectivity index is 2.32. The number of benzene rings is 1. The molecule has 14 nitrogen and oxygen atoms in total. The van der Waals surface area contributed by atoms with Crippen LogP contribution in [0.4, 0.5) is 4.79 Å². The molecule has 1 aliphatic heterocycles. The number of ketones is 1. The summed E-state index contributed by atoms with van der Waals surface area (Å²) in [5.74, 6) is 0.0253. The van der Waals surface area contributed by atoms with Gasteiger partial charge in [0.25, 0.3) is 0 Å². The third-order valence-corrected chi connectivity index (χ3v) is 10.1. The van der Waals surface area contributed by atoms with E-state index in [9.17, 15) is 19.2 Å². The highest BCUT2D eigenvalue weighted by Gasteiger charge is 2.43. The first-order chi connectivity index (χ1) is 25.6. The molecule has 0 unspecified atom stereocenters. The van der Waals surface area contributed by atoms with Gasteiger partial charge in [0.05, 0.1) is 25.9 Å². The predicted octanol–water partition coefficient (Wildman–Crippen LogP) is 5.90. The standard InChI is InChI=1S/C40H66N2O12/c1-11-49-24-52-28(6)37(44)53-25-54-39(46)42-23-51-35(22-31(27(4)5)33(43)15-16-40(7,8)38(41)45)32(42)21-30(26(2)3)19-29-13-14-34(48-10)36(20-29)50-18-12-17-47-9/h13-14,20,26-28,30-32,35H,11-12,15-19,21-25H2,1-10H3,(H2,41,45)/t28-,30-,31-,32-,35-/m0/s1. The van der Waals surface area contributed by atoms with Crippen molar-refractivity contribution in [3.05, 3.63) is 23.8 Å². The predicted molar refractivity (Wildman–Crippen MR) is 202 cm³/mol. The lowest BCUT2D eigenvalue weighted by Gasteiger charge is -2.33. The smallest absolute Gasteiger partial charge is 0.414 e. The second kappa shape index (κ2) is 23.5. The highest BCUT2D eigenvalue weighted by molar-refractivity contribution is 5.84. The Kier molecular flexibility index (Phi) is 20.3. The van der Waals surface area contributed by atoms with Crippen LogP contribution >= 0.6 is 0 Å². The van der Waals surface area contributed by atoms with Crippen LogP contribution in [0.5, 0.6) is 11.5 Å². The third-order valence-electron chi connectivity index (χ3n) is 10.1. The molecule has 14 heteroatoms. The number of hydrogen-bond donors (Lipinski definition) is 1. The number of nitrogens with zero attached hydrogens (tertiary/aromatic N) is 1. The lowest BCUT2D eigenvalue weighted by Crippen LogP contribution is -2.43. The van der Waals surface area contributed by atoms with E-state index in [1.165, 1.54) is 11.8 Å². The minimum atomic E-state index is -0.914. The number of nitrogens with two attached hydrogens (primary N) is 1. The van der Waals surface area contributed by atoms with Crippen LogP contribution in [0, 0.1) is 29.1 Å². The maximum Gasteiger partial charge on any atom is 0.414 e. The first-order valence-electron chi connectivity index (χ1n) is 19.1. The number of primary amides is 1. The molecule has 0 radical (unpaired) electrons. The first-order valence-corrected chi connectivity index (χ1v) is 19.1. The number of hydrogen-bond acceptors (Lipinski definition) is 12. The molecule has 1 saturated heterocycles. The van der Waals surface area contributed by atoms with Gasteiger partial charge in [0.1, 0.15) is 19.3 Å².